The van der Waals surface area contributed by atoms with E-state index in [-0.39, 0.29) is 6.03 Å². The van der Waals surface area contributed by atoms with Crippen LogP contribution >= 0.6 is 11.6 Å². The van der Waals surface area contributed by atoms with Gasteiger partial charge in [-0.2, -0.15) is 0 Å². The molecule has 1 aliphatic heterocycles. The molecule has 2 heterocycles. The molecule has 6 nitrogen and oxygen atoms in total. The van der Waals surface area contributed by atoms with E-state index in [1.54, 1.807) is 0 Å². The van der Waals surface area contributed by atoms with E-state index in [1.165, 1.54) is 19.3 Å². The van der Waals surface area contributed by atoms with Gasteiger partial charge in [0.15, 0.2) is 0 Å². The summed E-state index contributed by atoms with van der Waals surface area (Å²) >= 11 is 6.18. The molecule has 136 valence electrons. The van der Waals surface area contributed by atoms with Crippen molar-refractivity contribution in [3.8, 4) is 0 Å². The zero-order valence-electron chi connectivity index (χ0n) is 14.6. The number of halogens is 1. The minimum absolute atomic E-state index is 0.0888. The summed E-state index contributed by atoms with van der Waals surface area (Å²) in [5, 5.41) is 3.72. The molecule has 0 atom stereocenters. The number of hydrogen-bond acceptors (Lipinski definition) is 4. The second-order valence-corrected chi connectivity index (χ2v) is 7.83. The van der Waals surface area contributed by atoms with Crippen LogP contribution in [0, 0.1) is 0 Å². The Labute approximate surface area is 153 Å². The van der Waals surface area contributed by atoms with Gasteiger partial charge in [-0.15, -0.1) is 0 Å². The van der Waals surface area contributed by atoms with Gasteiger partial charge in [0.05, 0.1) is 0 Å². The van der Waals surface area contributed by atoms with E-state index in [4.69, 9.17) is 16.6 Å². The molecular weight excluding hydrogens is 338 g/mol. The molecule has 0 radical (unpaired) electrons. The highest BCUT2D eigenvalue weighted by molar-refractivity contribution is 6.29. The molecule has 1 aromatic rings. The smallest absolute Gasteiger partial charge is 0.317 e. The highest BCUT2D eigenvalue weighted by atomic mass is 35.5. The molecule has 3 aliphatic rings. The molecular formula is C18H26ClN5O. The zero-order chi connectivity index (χ0) is 17.2. The summed E-state index contributed by atoms with van der Waals surface area (Å²) in [6, 6.07) is 2.29. The Morgan fingerprint density at radius 3 is 2.44 bits per heavy atom. The first-order valence-corrected chi connectivity index (χ1v) is 9.92. The molecule has 4 rings (SSSR count). The SMILES string of the molecule is O=C(NC1CCCCC1)N1CCN(c2cc(Cl)nc(C3CC3)n2)CC1. The Morgan fingerprint density at radius 1 is 1.04 bits per heavy atom. The number of hydrogen-bond donors (Lipinski definition) is 1. The average molecular weight is 364 g/mol. The fraction of sp³-hybridized carbons (Fsp3) is 0.722. The van der Waals surface area contributed by atoms with E-state index in [0.29, 0.717) is 17.1 Å². The lowest BCUT2D eigenvalue weighted by Gasteiger charge is -2.36. The maximum Gasteiger partial charge on any atom is 0.317 e. The van der Waals surface area contributed by atoms with Gasteiger partial charge in [-0.25, -0.2) is 14.8 Å². The summed E-state index contributed by atoms with van der Waals surface area (Å²) < 4.78 is 0. The second kappa shape index (κ2) is 7.36. The lowest BCUT2D eigenvalue weighted by atomic mass is 9.96. The van der Waals surface area contributed by atoms with Crippen LogP contribution in [0.2, 0.25) is 5.15 Å². The van der Waals surface area contributed by atoms with Gasteiger partial charge >= 0.3 is 6.03 Å². The van der Waals surface area contributed by atoms with Crippen LogP contribution in [-0.4, -0.2) is 53.1 Å². The van der Waals surface area contributed by atoms with Crippen LogP contribution in [0.1, 0.15) is 56.7 Å². The summed E-state index contributed by atoms with van der Waals surface area (Å²) in [6.45, 7) is 3.02. The molecule has 0 bridgehead atoms. The molecule has 3 fully saturated rings. The van der Waals surface area contributed by atoms with E-state index in [9.17, 15) is 4.79 Å². The van der Waals surface area contributed by atoms with Crippen LogP contribution in [0.25, 0.3) is 0 Å². The number of nitrogens with one attached hydrogen (secondary N) is 1. The maximum atomic E-state index is 12.5. The van der Waals surface area contributed by atoms with Gasteiger partial charge in [-0.05, 0) is 25.7 Å². The lowest BCUT2D eigenvalue weighted by molar-refractivity contribution is 0.186. The third-order valence-corrected chi connectivity index (χ3v) is 5.66. The molecule has 2 aliphatic carbocycles. The van der Waals surface area contributed by atoms with Crippen LogP contribution in [-0.2, 0) is 0 Å². The summed E-state index contributed by atoms with van der Waals surface area (Å²) in [7, 11) is 0. The minimum atomic E-state index is 0.0888. The topological polar surface area (TPSA) is 61.4 Å². The molecule has 1 N–H and O–H groups in total. The predicted molar refractivity (Wildman–Crippen MR) is 98.2 cm³/mol. The number of nitrogens with zero attached hydrogens (tertiary/aromatic N) is 4. The molecule has 0 spiro atoms. The minimum Gasteiger partial charge on any atom is -0.353 e. The number of amides is 2. The van der Waals surface area contributed by atoms with Gasteiger partial charge < -0.3 is 15.1 Å². The van der Waals surface area contributed by atoms with E-state index >= 15 is 0 Å². The van der Waals surface area contributed by atoms with Gasteiger partial charge in [-0.1, -0.05) is 30.9 Å². The van der Waals surface area contributed by atoms with Crippen molar-refractivity contribution >= 4 is 23.4 Å². The van der Waals surface area contributed by atoms with Crippen LogP contribution in [0.5, 0.6) is 0 Å². The van der Waals surface area contributed by atoms with Gasteiger partial charge in [0.25, 0.3) is 0 Å². The van der Waals surface area contributed by atoms with Crippen molar-refractivity contribution in [1.29, 1.82) is 0 Å². The number of carbonyl (C=O) groups excluding carboxylic acids is 1. The summed E-state index contributed by atoms with van der Waals surface area (Å²) in [4.78, 5) is 25.6. The van der Waals surface area contributed by atoms with Crippen molar-refractivity contribution in [2.45, 2.75) is 56.9 Å². The third kappa shape index (κ3) is 4.17. The van der Waals surface area contributed by atoms with Crippen molar-refractivity contribution in [3.05, 3.63) is 17.0 Å². The molecule has 1 saturated heterocycles. The zero-order valence-corrected chi connectivity index (χ0v) is 15.3. The normalized spacial score (nSPS) is 22.1. The fourth-order valence-corrected chi connectivity index (χ4v) is 3.94. The van der Waals surface area contributed by atoms with Crippen LogP contribution in [0.4, 0.5) is 10.6 Å². The Bertz CT molecular complexity index is 622. The lowest BCUT2D eigenvalue weighted by Crippen LogP contribution is -2.53. The van der Waals surface area contributed by atoms with E-state index < -0.39 is 0 Å². The first-order chi connectivity index (χ1) is 12.2. The van der Waals surface area contributed by atoms with Crippen LogP contribution in [0.3, 0.4) is 0 Å². The highest BCUT2D eigenvalue weighted by Gasteiger charge is 2.29. The Morgan fingerprint density at radius 2 is 1.76 bits per heavy atom. The molecule has 0 aromatic carbocycles. The number of carbonyl (C=O) groups is 1. The fourth-order valence-electron chi connectivity index (χ4n) is 3.76. The van der Waals surface area contributed by atoms with Gasteiger partial charge in [0.1, 0.15) is 16.8 Å². The van der Waals surface area contributed by atoms with Crippen molar-refractivity contribution in [1.82, 2.24) is 20.2 Å². The highest BCUT2D eigenvalue weighted by Crippen LogP contribution is 2.39. The van der Waals surface area contributed by atoms with Gasteiger partial charge in [0.2, 0.25) is 0 Å². The molecule has 1 aromatic heterocycles. The second-order valence-electron chi connectivity index (χ2n) is 7.44. The quantitative estimate of drug-likeness (QED) is 0.838. The summed E-state index contributed by atoms with van der Waals surface area (Å²) in [5.74, 6) is 2.26. The number of aromatic nitrogens is 2. The van der Waals surface area contributed by atoms with Gasteiger partial charge in [0, 0.05) is 44.2 Å². The molecule has 2 saturated carbocycles. The first-order valence-electron chi connectivity index (χ1n) is 9.54. The van der Waals surface area contributed by atoms with E-state index in [0.717, 1.165) is 63.5 Å². The van der Waals surface area contributed by atoms with Crippen LogP contribution in [0.15, 0.2) is 6.07 Å². The van der Waals surface area contributed by atoms with Crippen molar-refractivity contribution in [2.75, 3.05) is 31.1 Å². The molecule has 7 heteroatoms. The number of rotatable bonds is 3. The number of urea groups is 1. The van der Waals surface area contributed by atoms with Crippen LogP contribution < -0.4 is 10.2 Å². The number of piperazine rings is 1. The Kier molecular flexibility index (Phi) is 4.97. The molecule has 25 heavy (non-hydrogen) atoms. The summed E-state index contributed by atoms with van der Waals surface area (Å²) in [5.41, 5.74) is 0. The largest absolute Gasteiger partial charge is 0.353 e. The Balaban J connectivity index is 1.32. The average Bonchev–Trinajstić information content (AvgIpc) is 3.47. The standard InChI is InChI=1S/C18H26ClN5O/c19-15-12-16(22-17(21-15)13-6-7-13)23-8-10-24(11-9-23)18(25)20-14-4-2-1-3-5-14/h12-14H,1-11H2,(H,20,25). The van der Waals surface area contributed by atoms with Crippen molar-refractivity contribution in [2.24, 2.45) is 0 Å². The maximum absolute atomic E-state index is 12.5. The Hall–Kier alpha value is -1.56. The van der Waals surface area contributed by atoms with Crippen molar-refractivity contribution in [3.63, 3.8) is 0 Å². The van der Waals surface area contributed by atoms with E-state index in [1.807, 2.05) is 11.0 Å². The van der Waals surface area contributed by atoms with E-state index in [2.05, 4.69) is 15.2 Å². The summed E-state index contributed by atoms with van der Waals surface area (Å²) in [6.07, 6.45) is 8.33. The predicted octanol–water partition coefficient (Wildman–Crippen LogP) is 3.17. The third-order valence-electron chi connectivity index (χ3n) is 5.46. The van der Waals surface area contributed by atoms with Crippen molar-refractivity contribution < 1.29 is 4.79 Å². The number of anilines is 1. The monoisotopic (exact) mass is 363 g/mol. The van der Waals surface area contributed by atoms with Gasteiger partial charge in [-0.3, -0.25) is 0 Å². The molecule has 0 unspecified atom stereocenters. The molecule has 2 amide bonds. The first kappa shape index (κ1) is 16.9.